The summed E-state index contributed by atoms with van der Waals surface area (Å²) in [4.78, 5) is 11.7. The van der Waals surface area contributed by atoms with Crippen LogP contribution in [0.3, 0.4) is 0 Å². The van der Waals surface area contributed by atoms with Crippen LogP contribution in [-0.2, 0) is 11.2 Å². The molecular weight excluding hydrogens is 328 g/mol. The van der Waals surface area contributed by atoms with Crippen LogP contribution in [0.5, 0.6) is 0 Å². The third-order valence-electron chi connectivity index (χ3n) is 3.56. The van der Waals surface area contributed by atoms with Gasteiger partial charge in [-0.3, -0.25) is 4.79 Å². The van der Waals surface area contributed by atoms with Crippen molar-refractivity contribution in [3.63, 3.8) is 0 Å². The van der Waals surface area contributed by atoms with Gasteiger partial charge in [-0.05, 0) is 36.8 Å². The molecule has 1 N–H and O–H groups in total. The first-order chi connectivity index (χ1) is 10.5. The van der Waals surface area contributed by atoms with E-state index in [1.165, 1.54) is 12.1 Å². The van der Waals surface area contributed by atoms with Gasteiger partial charge in [0, 0.05) is 19.2 Å². The van der Waals surface area contributed by atoms with E-state index < -0.39 is 4.33 Å². The zero-order chi connectivity index (χ0) is 15.7. The maximum Gasteiger partial charge on any atom is 0.226 e. The highest BCUT2D eigenvalue weighted by atomic mass is 35.5. The van der Waals surface area contributed by atoms with E-state index in [4.69, 9.17) is 23.2 Å². The average molecular weight is 342 g/mol. The number of nitrogens with zero attached hydrogens (tertiary/aromatic N) is 2. The molecule has 116 valence electrons. The molecule has 1 aromatic carbocycles. The lowest BCUT2D eigenvalue weighted by Crippen LogP contribution is -2.28. The number of amides is 1. The zero-order valence-corrected chi connectivity index (χ0v) is 13.1. The molecule has 0 radical (unpaired) electrons. The highest BCUT2D eigenvalue weighted by molar-refractivity contribution is 6.52. The van der Waals surface area contributed by atoms with Crippen LogP contribution in [0.25, 0.3) is 5.69 Å². The molecule has 1 heterocycles. The molecule has 2 aromatic rings. The zero-order valence-electron chi connectivity index (χ0n) is 11.6. The van der Waals surface area contributed by atoms with E-state index in [0.717, 1.165) is 11.4 Å². The summed E-state index contributed by atoms with van der Waals surface area (Å²) >= 11 is 11.7. The van der Waals surface area contributed by atoms with Gasteiger partial charge >= 0.3 is 0 Å². The molecule has 0 bridgehead atoms. The van der Waals surface area contributed by atoms with E-state index in [9.17, 15) is 9.18 Å². The van der Waals surface area contributed by atoms with Crippen LogP contribution >= 0.6 is 23.2 Å². The predicted molar refractivity (Wildman–Crippen MR) is 82.8 cm³/mol. The molecule has 0 saturated heterocycles. The molecule has 1 amide bonds. The summed E-state index contributed by atoms with van der Waals surface area (Å²) in [5.41, 5.74) is 1.62. The summed E-state index contributed by atoms with van der Waals surface area (Å²) in [6, 6.07) is 7.94. The fourth-order valence-corrected chi connectivity index (χ4v) is 2.67. The van der Waals surface area contributed by atoms with Gasteiger partial charge < -0.3 is 5.32 Å². The minimum Gasteiger partial charge on any atom is -0.355 e. The van der Waals surface area contributed by atoms with E-state index in [1.54, 1.807) is 23.0 Å². The van der Waals surface area contributed by atoms with Crippen molar-refractivity contribution >= 4 is 29.1 Å². The number of carbonyl (C=O) groups excluding carboxylic acids is 1. The fraction of sp³-hybridized carbons (Fsp3) is 0.333. The molecule has 0 unspecified atom stereocenters. The number of alkyl halides is 2. The first-order valence-electron chi connectivity index (χ1n) is 6.92. The van der Waals surface area contributed by atoms with Gasteiger partial charge in [0.15, 0.2) is 0 Å². The molecule has 0 aliphatic heterocycles. The van der Waals surface area contributed by atoms with E-state index in [-0.39, 0.29) is 17.6 Å². The second kappa shape index (κ2) is 5.89. The number of aromatic nitrogens is 2. The van der Waals surface area contributed by atoms with Gasteiger partial charge in [0.05, 0.1) is 17.3 Å². The third-order valence-corrected chi connectivity index (χ3v) is 4.39. The molecule has 3 rings (SSSR count). The summed E-state index contributed by atoms with van der Waals surface area (Å²) in [6.07, 6.45) is 2.90. The van der Waals surface area contributed by atoms with Crippen molar-refractivity contribution in [1.82, 2.24) is 15.1 Å². The van der Waals surface area contributed by atoms with Crippen LogP contribution < -0.4 is 5.32 Å². The second-order valence-electron chi connectivity index (χ2n) is 5.29. The number of hydrogen-bond donors (Lipinski definition) is 1. The smallest absolute Gasteiger partial charge is 0.226 e. The Kier molecular flexibility index (Phi) is 4.10. The van der Waals surface area contributed by atoms with E-state index in [0.29, 0.717) is 19.4 Å². The van der Waals surface area contributed by atoms with Gasteiger partial charge in [-0.2, -0.15) is 5.10 Å². The molecule has 0 spiro atoms. The molecule has 1 aliphatic carbocycles. The van der Waals surface area contributed by atoms with Crippen molar-refractivity contribution < 1.29 is 9.18 Å². The van der Waals surface area contributed by atoms with Crippen molar-refractivity contribution in [1.29, 1.82) is 0 Å². The van der Waals surface area contributed by atoms with Gasteiger partial charge in [0.1, 0.15) is 10.2 Å². The Bertz CT molecular complexity index is 684. The minimum absolute atomic E-state index is 0.122. The third kappa shape index (κ3) is 3.42. The molecule has 22 heavy (non-hydrogen) atoms. The second-order valence-corrected chi connectivity index (χ2v) is 6.83. The number of carbonyl (C=O) groups is 1. The number of nitrogens with one attached hydrogen (secondary N) is 1. The van der Waals surface area contributed by atoms with Crippen LogP contribution in [0.4, 0.5) is 4.39 Å². The Balaban J connectivity index is 1.52. The maximum absolute atomic E-state index is 12.9. The van der Waals surface area contributed by atoms with Gasteiger partial charge in [-0.15, -0.1) is 23.2 Å². The van der Waals surface area contributed by atoms with E-state index >= 15 is 0 Å². The quantitative estimate of drug-likeness (QED) is 0.850. The molecular formula is C15H14Cl2FN3O. The van der Waals surface area contributed by atoms with Crippen molar-refractivity contribution in [3.05, 3.63) is 48.0 Å². The lowest BCUT2D eigenvalue weighted by molar-refractivity contribution is -0.122. The number of hydrogen-bond acceptors (Lipinski definition) is 2. The predicted octanol–water partition coefficient (Wildman–Crippen LogP) is 2.86. The van der Waals surface area contributed by atoms with Crippen LogP contribution in [0.2, 0.25) is 0 Å². The largest absolute Gasteiger partial charge is 0.355 e. The minimum atomic E-state index is -0.895. The Morgan fingerprint density at radius 2 is 2.05 bits per heavy atom. The van der Waals surface area contributed by atoms with E-state index in [1.807, 2.05) is 6.07 Å². The normalized spacial score (nSPS) is 19.0. The lowest BCUT2D eigenvalue weighted by atomic mass is 10.3. The van der Waals surface area contributed by atoms with Crippen LogP contribution in [0, 0.1) is 11.7 Å². The summed E-state index contributed by atoms with van der Waals surface area (Å²) in [5.74, 6) is -0.718. The SMILES string of the molecule is O=C(NCCc1ccn(-c2ccc(F)cc2)n1)[C@@H]1CC1(Cl)Cl. The molecule has 1 atom stereocenters. The summed E-state index contributed by atoms with van der Waals surface area (Å²) in [6.45, 7) is 0.472. The van der Waals surface area contributed by atoms with Crippen molar-refractivity contribution in [2.45, 2.75) is 17.2 Å². The fourth-order valence-electron chi connectivity index (χ4n) is 2.17. The lowest BCUT2D eigenvalue weighted by Gasteiger charge is -2.04. The molecule has 1 aliphatic rings. The summed E-state index contributed by atoms with van der Waals surface area (Å²) in [5, 5.41) is 7.19. The Hall–Kier alpha value is -1.59. The van der Waals surface area contributed by atoms with Gasteiger partial charge in [-0.25, -0.2) is 9.07 Å². The van der Waals surface area contributed by atoms with Crippen LogP contribution in [0.1, 0.15) is 12.1 Å². The molecule has 1 saturated carbocycles. The molecule has 1 fully saturated rings. The van der Waals surface area contributed by atoms with Crippen LogP contribution in [0.15, 0.2) is 36.5 Å². The van der Waals surface area contributed by atoms with Gasteiger partial charge in [0.2, 0.25) is 5.91 Å². The number of halogens is 3. The van der Waals surface area contributed by atoms with Crippen molar-refractivity contribution in [2.75, 3.05) is 6.54 Å². The Labute approximate surface area is 137 Å². The maximum atomic E-state index is 12.9. The topological polar surface area (TPSA) is 46.9 Å². The van der Waals surface area contributed by atoms with E-state index in [2.05, 4.69) is 10.4 Å². The van der Waals surface area contributed by atoms with Crippen molar-refractivity contribution in [3.8, 4) is 5.69 Å². The molecule has 1 aromatic heterocycles. The Morgan fingerprint density at radius 3 is 2.68 bits per heavy atom. The summed E-state index contributed by atoms with van der Waals surface area (Å²) in [7, 11) is 0. The number of rotatable bonds is 5. The van der Waals surface area contributed by atoms with Gasteiger partial charge in [-0.1, -0.05) is 0 Å². The first kappa shape index (κ1) is 15.3. The monoisotopic (exact) mass is 341 g/mol. The van der Waals surface area contributed by atoms with Crippen LogP contribution in [-0.4, -0.2) is 26.6 Å². The van der Waals surface area contributed by atoms with Gasteiger partial charge in [0.25, 0.3) is 0 Å². The van der Waals surface area contributed by atoms with Crippen molar-refractivity contribution in [2.24, 2.45) is 5.92 Å². The summed E-state index contributed by atoms with van der Waals surface area (Å²) < 4.78 is 13.7. The number of benzene rings is 1. The molecule has 4 nitrogen and oxygen atoms in total. The Morgan fingerprint density at radius 1 is 1.36 bits per heavy atom. The highest BCUT2D eigenvalue weighted by Gasteiger charge is 2.56. The standard InChI is InChI=1S/C15H14Cl2FN3O/c16-15(17)9-13(15)14(22)19-7-5-11-6-8-21(20-11)12-3-1-10(18)2-4-12/h1-4,6,8,13H,5,7,9H2,(H,19,22)/t13-/m0/s1. The highest BCUT2D eigenvalue weighted by Crippen LogP contribution is 2.53. The molecule has 7 heteroatoms. The first-order valence-corrected chi connectivity index (χ1v) is 7.67. The average Bonchev–Trinajstić information content (AvgIpc) is 2.91.